The summed E-state index contributed by atoms with van der Waals surface area (Å²) in [7, 11) is 0. The normalized spacial score (nSPS) is 40.9. The summed E-state index contributed by atoms with van der Waals surface area (Å²) in [5.74, 6) is 1.20. The van der Waals surface area contributed by atoms with E-state index in [4.69, 9.17) is 16.3 Å². The van der Waals surface area contributed by atoms with Crippen molar-refractivity contribution in [2.24, 2.45) is 50.7 Å². The monoisotopic (exact) mass is 621 g/mol. The van der Waals surface area contributed by atoms with E-state index in [2.05, 4.69) is 53.8 Å². The van der Waals surface area contributed by atoms with Crippen molar-refractivity contribution in [3.8, 4) is 0 Å². The van der Waals surface area contributed by atoms with Gasteiger partial charge in [0.1, 0.15) is 6.10 Å². The van der Waals surface area contributed by atoms with Gasteiger partial charge in [-0.15, -0.1) is 0 Å². The van der Waals surface area contributed by atoms with Crippen molar-refractivity contribution < 1.29 is 19.1 Å². The molecule has 1 N–H and O–H groups in total. The standard InChI is InChI=1S/C38H52ClNO4/c1-22(2)31-27(42)21-38(33(43)40-26-12-10-9-11-25(26)39)20-19-36(7)24(32(31)38)13-14-29-35(6)17-16-30(44-23(3)41)34(4,5)28(35)15-18-37(29,36)8/h9-12,22,24,28-30H,13-21H2,1-8H3,(H,40,43)/t24?,28?,29?,30-,35-,36+,37+,38+/m0/s1. The van der Waals surface area contributed by atoms with E-state index in [9.17, 15) is 14.4 Å². The Kier molecular flexibility index (Phi) is 7.55. The van der Waals surface area contributed by atoms with Crippen LogP contribution >= 0.6 is 11.6 Å². The van der Waals surface area contributed by atoms with E-state index < -0.39 is 5.41 Å². The molecule has 5 nitrogen and oxygen atoms in total. The average Bonchev–Trinajstić information content (AvgIpc) is 3.25. The Morgan fingerprint density at radius 2 is 1.61 bits per heavy atom. The average molecular weight is 622 g/mol. The molecular weight excluding hydrogens is 570 g/mol. The number of allylic oxidation sites excluding steroid dienone is 1. The number of benzene rings is 1. The molecule has 0 saturated heterocycles. The number of ether oxygens (including phenoxy) is 1. The zero-order chi connectivity index (χ0) is 32.0. The van der Waals surface area contributed by atoms with Gasteiger partial charge in [-0.2, -0.15) is 0 Å². The van der Waals surface area contributed by atoms with Gasteiger partial charge in [0, 0.05) is 18.8 Å². The molecule has 0 spiro atoms. The van der Waals surface area contributed by atoms with Crippen LogP contribution in [0.25, 0.3) is 0 Å². The maximum atomic E-state index is 14.4. The van der Waals surface area contributed by atoms with Crippen LogP contribution in [-0.2, 0) is 19.1 Å². The van der Waals surface area contributed by atoms with Gasteiger partial charge in [-0.1, -0.05) is 72.2 Å². The number of nitrogens with one attached hydrogen (secondary N) is 1. The highest BCUT2D eigenvalue weighted by molar-refractivity contribution is 6.33. The van der Waals surface area contributed by atoms with Gasteiger partial charge >= 0.3 is 5.97 Å². The molecule has 4 saturated carbocycles. The van der Waals surface area contributed by atoms with Crippen LogP contribution < -0.4 is 5.32 Å². The summed E-state index contributed by atoms with van der Waals surface area (Å²) < 4.78 is 5.92. The van der Waals surface area contributed by atoms with E-state index in [1.54, 1.807) is 6.07 Å². The molecule has 0 aromatic heterocycles. The Hall–Kier alpha value is -2.14. The summed E-state index contributed by atoms with van der Waals surface area (Å²) in [6.45, 7) is 18.0. The molecule has 1 amide bonds. The van der Waals surface area contributed by atoms with E-state index in [-0.39, 0.29) is 63.7 Å². The number of ketones is 1. The summed E-state index contributed by atoms with van der Waals surface area (Å²) >= 11 is 6.49. The van der Waals surface area contributed by atoms with Crippen molar-refractivity contribution >= 4 is 34.9 Å². The number of amides is 1. The molecule has 0 aliphatic heterocycles. The number of hydrogen-bond donors (Lipinski definition) is 1. The van der Waals surface area contributed by atoms with Crippen LogP contribution in [0.3, 0.4) is 0 Å². The highest BCUT2D eigenvalue weighted by Crippen LogP contribution is 2.76. The van der Waals surface area contributed by atoms with Gasteiger partial charge in [-0.25, -0.2) is 0 Å². The van der Waals surface area contributed by atoms with Gasteiger partial charge in [0.2, 0.25) is 5.91 Å². The lowest BCUT2D eigenvalue weighted by molar-refractivity contribution is -0.232. The third kappa shape index (κ3) is 4.26. The largest absolute Gasteiger partial charge is 0.462 e. The third-order valence-corrected chi connectivity index (χ3v) is 14.6. The van der Waals surface area contributed by atoms with Crippen molar-refractivity contribution in [2.45, 2.75) is 119 Å². The minimum absolute atomic E-state index is 0.0188. The highest BCUT2D eigenvalue weighted by Gasteiger charge is 2.71. The number of carbonyl (C=O) groups excluding carboxylic acids is 3. The smallest absolute Gasteiger partial charge is 0.302 e. The van der Waals surface area contributed by atoms with Crippen molar-refractivity contribution in [1.82, 2.24) is 0 Å². The molecule has 8 atom stereocenters. The van der Waals surface area contributed by atoms with Gasteiger partial charge in [-0.3, -0.25) is 14.4 Å². The molecule has 1 aromatic rings. The lowest BCUT2D eigenvalue weighted by atomic mass is 9.33. The topological polar surface area (TPSA) is 72.5 Å². The first-order valence-corrected chi connectivity index (χ1v) is 17.4. The second-order valence-electron chi connectivity index (χ2n) is 16.7. The van der Waals surface area contributed by atoms with Crippen LogP contribution in [0.2, 0.25) is 5.02 Å². The molecule has 44 heavy (non-hydrogen) atoms. The number of carbonyl (C=O) groups is 3. The van der Waals surface area contributed by atoms with Crippen LogP contribution in [0.1, 0.15) is 113 Å². The zero-order valence-corrected chi connectivity index (χ0v) is 28.8. The predicted molar refractivity (Wildman–Crippen MR) is 175 cm³/mol. The number of Topliss-reactive ketones (excluding diaryl/α,β-unsaturated/α-hetero) is 1. The molecular formula is C38H52ClNO4. The molecule has 3 unspecified atom stereocenters. The lowest BCUT2D eigenvalue weighted by Crippen LogP contribution is -2.66. The van der Waals surface area contributed by atoms with E-state index in [1.807, 2.05) is 18.2 Å². The van der Waals surface area contributed by atoms with Crippen molar-refractivity contribution in [1.29, 1.82) is 0 Å². The molecule has 6 heteroatoms. The van der Waals surface area contributed by atoms with Crippen molar-refractivity contribution in [3.05, 3.63) is 40.4 Å². The van der Waals surface area contributed by atoms with E-state index >= 15 is 0 Å². The summed E-state index contributed by atoms with van der Waals surface area (Å²) in [5.41, 5.74) is 2.00. The van der Waals surface area contributed by atoms with E-state index in [0.717, 1.165) is 56.1 Å². The van der Waals surface area contributed by atoms with Crippen LogP contribution in [0.4, 0.5) is 5.69 Å². The zero-order valence-electron chi connectivity index (χ0n) is 28.1. The summed E-state index contributed by atoms with van der Waals surface area (Å²) in [4.78, 5) is 40.3. The molecule has 0 bridgehead atoms. The Bertz CT molecular complexity index is 1430. The number of halogens is 1. The van der Waals surface area contributed by atoms with Gasteiger partial charge in [-0.05, 0) is 115 Å². The number of hydrogen-bond acceptors (Lipinski definition) is 4. The summed E-state index contributed by atoms with van der Waals surface area (Å²) in [6.07, 6.45) is 8.18. The minimum atomic E-state index is -0.811. The number of para-hydroxylation sites is 1. The Morgan fingerprint density at radius 3 is 2.27 bits per heavy atom. The fraction of sp³-hybridized carbons (Fsp3) is 0.711. The molecule has 4 fully saturated rings. The Labute approximate surface area is 269 Å². The fourth-order valence-corrected chi connectivity index (χ4v) is 12.3. The SMILES string of the molecule is CC(=O)O[C@H]1CC[C@@]2(C)C(CC[C@]3(C)C2CCC2C4=C(C(C)C)C(=O)C[C@]4(C(=O)Nc4ccccc4Cl)CC[C@]23C)C1(C)C. The first kappa shape index (κ1) is 31.8. The molecule has 0 heterocycles. The van der Waals surface area contributed by atoms with Crippen molar-refractivity contribution in [2.75, 3.05) is 5.32 Å². The second kappa shape index (κ2) is 10.4. The lowest BCUT2D eigenvalue weighted by Gasteiger charge is -2.72. The maximum absolute atomic E-state index is 14.4. The van der Waals surface area contributed by atoms with Crippen LogP contribution in [-0.4, -0.2) is 23.8 Å². The van der Waals surface area contributed by atoms with E-state index in [1.165, 1.54) is 6.92 Å². The number of fused-ring (bicyclic) bond motifs is 7. The fourth-order valence-electron chi connectivity index (χ4n) is 12.1. The summed E-state index contributed by atoms with van der Waals surface area (Å²) in [6, 6.07) is 7.38. The quantitative estimate of drug-likeness (QED) is 0.340. The number of esters is 1. The predicted octanol–water partition coefficient (Wildman–Crippen LogP) is 9.19. The Morgan fingerprint density at radius 1 is 0.909 bits per heavy atom. The van der Waals surface area contributed by atoms with E-state index in [0.29, 0.717) is 29.0 Å². The van der Waals surface area contributed by atoms with Gasteiger partial charge < -0.3 is 10.1 Å². The molecule has 0 radical (unpaired) electrons. The first-order chi connectivity index (χ1) is 20.5. The maximum Gasteiger partial charge on any atom is 0.302 e. The number of rotatable bonds is 4. The number of anilines is 1. The van der Waals surface area contributed by atoms with Gasteiger partial charge in [0.05, 0.1) is 16.1 Å². The van der Waals surface area contributed by atoms with Crippen LogP contribution in [0.5, 0.6) is 0 Å². The molecule has 1 aromatic carbocycles. The molecule has 5 aliphatic rings. The van der Waals surface area contributed by atoms with Crippen LogP contribution in [0.15, 0.2) is 35.4 Å². The molecule has 6 rings (SSSR count). The molecule has 240 valence electrons. The first-order valence-electron chi connectivity index (χ1n) is 17.0. The minimum Gasteiger partial charge on any atom is -0.462 e. The third-order valence-electron chi connectivity index (χ3n) is 14.2. The second-order valence-corrected chi connectivity index (χ2v) is 17.1. The van der Waals surface area contributed by atoms with Crippen LogP contribution in [0, 0.1) is 50.7 Å². The van der Waals surface area contributed by atoms with Crippen molar-refractivity contribution in [3.63, 3.8) is 0 Å². The van der Waals surface area contributed by atoms with Gasteiger partial charge in [0.15, 0.2) is 5.78 Å². The summed E-state index contributed by atoms with van der Waals surface area (Å²) in [5, 5.41) is 3.69. The highest BCUT2D eigenvalue weighted by atomic mass is 35.5. The molecule has 5 aliphatic carbocycles. The Balaban J connectivity index is 1.39. The van der Waals surface area contributed by atoms with Gasteiger partial charge in [0.25, 0.3) is 0 Å².